The second-order valence-corrected chi connectivity index (χ2v) is 8.16. The molecule has 1 aromatic carbocycles. The summed E-state index contributed by atoms with van der Waals surface area (Å²) in [7, 11) is -3.45. The molecule has 1 fully saturated rings. The van der Waals surface area contributed by atoms with Gasteiger partial charge in [-0.2, -0.15) is 0 Å². The Morgan fingerprint density at radius 1 is 1.09 bits per heavy atom. The molecule has 2 rings (SSSR count). The van der Waals surface area contributed by atoms with Crippen LogP contribution in [-0.4, -0.2) is 47.8 Å². The molecule has 1 aromatic rings. The normalized spacial score (nSPS) is 16.7. The van der Waals surface area contributed by atoms with Crippen molar-refractivity contribution in [2.75, 3.05) is 39.4 Å². The van der Waals surface area contributed by atoms with Crippen molar-refractivity contribution < 1.29 is 18.1 Å². The third kappa shape index (κ3) is 4.53. The van der Waals surface area contributed by atoms with Crippen molar-refractivity contribution in [2.24, 2.45) is 0 Å². The van der Waals surface area contributed by atoms with Crippen molar-refractivity contribution >= 4 is 10.0 Å². The second-order valence-electron chi connectivity index (χ2n) is 6.45. The van der Waals surface area contributed by atoms with Gasteiger partial charge in [-0.05, 0) is 49.9 Å². The molecule has 0 bridgehead atoms. The third-order valence-electron chi connectivity index (χ3n) is 4.77. The van der Waals surface area contributed by atoms with Gasteiger partial charge in [0.2, 0.25) is 10.0 Å². The first-order valence-electron chi connectivity index (χ1n) is 8.31. The van der Waals surface area contributed by atoms with Crippen LogP contribution in [0.1, 0.15) is 28.7 Å². The molecule has 2 N–H and O–H groups in total. The Bertz CT molecular complexity index is 624. The van der Waals surface area contributed by atoms with E-state index in [2.05, 4.69) is 4.72 Å². The van der Waals surface area contributed by atoms with E-state index in [1.165, 1.54) is 4.90 Å². The average molecular weight is 341 g/mol. The number of ether oxygens (including phenoxy) is 1. The molecule has 6 heteroatoms. The Hall–Kier alpha value is -0.950. The number of hydrogen-bond acceptors (Lipinski definition) is 3. The van der Waals surface area contributed by atoms with Crippen LogP contribution in [0.2, 0.25) is 0 Å². The van der Waals surface area contributed by atoms with Crippen molar-refractivity contribution in [2.45, 2.75) is 39.0 Å². The molecule has 23 heavy (non-hydrogen) atoms. The highest BCUT2D eigenvalue weighted by Gasteiger charge is 2.22. The van der Waals surface area contributed by atoms with Gasteiger partial charge in [0.15, 0.2) is 0 Å². The number of hydrogen-bond donors (Lipinski definition) is 2. The zero-order valence-electron chi connectivity index (χ0n) is 14.7. The number of sulfonamides is 1. The highest BCUT2D eigenvalue weighted by molar-refractivity contribution is 7.89. The van der Waals surface area contributed by atoms with Gasteiger partial charge in [0, 0.05) is 13.0 Å². The van der Waals surface area contributed by atoms with E-state index in [4.69, 9.17) is 4.74 Å². The fourth-order valence-electron chi connectivity index (χ4n) is 3.11. The summed E-state index contributed by atoms with van der Waals surface area (Å²) >= 11 is 0. The lowest BCUT2D eigenvalue weighted by Crippen LogP contribution is -3.14. The number of nitrogens with one attached hydrogen (secondary N) is 2. The van der Waals surface area contributed by atoms with Crippen LogP contribution in [0.4, 0.5) is 0 Å². The van der Waals surface area contributed by atoms with E-state index in [0.29, 0.717) is 11.4 Å². The fourth-order valence-corrected chi connectivity index (χ4v) is 4.80. The summed E-state index contributed by atoms with van der Waals surface area (Å²) < 4.78 is 33.5. The van der Waals surface area contributed by atoms with E-state index in [-0.39, 0.29) is 0 Å². The summed E-state index contributed by atoms with van der Waals surface area (Å²) in [6, 6.07) is 2.05. The topological polar surface area (TPSA) is 59.8 Å². The summed E-state index contributed by atoms with van der Waals surface area (Å²) in [5, 5.41) is 0. The first kappa shape index (κ1) is 18.4. The van der Waals surface area contributed by atoms with Gasteiger partial charge in [-0.25, -0.2) is 13.1 Å². The second kappa shape index (κ2) is 7.75. The zero-order valence-corrected chi connectivity index (χ0v) is 15.5. The molecule has 1 aliphatic rings. The third-order valence-corrected chi connectivity index (χ3v) is 6.50. The van der Waals surface area contributed by atoms with Gasteiger partial charge in [-0.3, -0.25) is 0 Å². The van der Waals surface area contributed by atoms with Crippen LogP contribution in [0.3, 0.4) is 0 Å². The van der Waals surface area contributed by atoms with Crippen LogP contribution < -0.4 is 9.62 Å². The van der Waals surface area contributed by atoms with Crippen molar-refractivity contribution in [3.05, 3.63) is 28.3 Å². The Morgan fingerprint density at radius 3 is 2.22 bits per heavy atom. The summed E-state index contributed by atoms with van der Waals surface area (Å²) in [4.78, 5) is 1.95. The van der Waals surface area contributed by atoms with Crippen LogP contribution in [-0.2, 0) is 14.8 Å². The summed E-state index contributed by atoms with van der Waals surface area (Å²) in [5.74, 6) is 0. The smallest absolute Gasteiger partial charge is 0.241 e. The van der Waals surface area contributed by atoms with E-state index in [0.717, 1.165) is 61.5 Å². The molecule has 0 aliphatic carbocycles. The minimum absolute atomic E-state index is 0.453. The van der Waals surface area contributed by atoms with Crippen molar-refractivity contribution in [1.29, 1.82) is 0 Å². The van der Waals surface area contributed by atoms with Crippen molar-refractivity contribution in [3.8, 4) is 0 Å². The Morgan fingerprint density at radius 2 is 1.65 bits per heavy atom. The molecule has 130 valence electrons. The first-order chi connectivity index (χ1) is 10.8. The van der Waals surface area contributed by atoms with E-state index in [1.807, 2.05) is 33.8 Å². The molecular formula is C17H29N2O3S+. The largest absolute Gasteiger partial charge is 0.370 e. The maximum Gasteiger partial charge on any atom is 0.241 e. The number of benzene rings is 1. The van der Waals surface area contributed by atoms with Crippen LogP contribution >= 0.6 is 0 Å². The van der Waals surface area contributed by atoms with Crippen LogP contribution in [0, 0.1) is 27.7 Å². The van der Waals surface area contributed by atoms with Crippen LogP contribution in [0.25, 0.3) is 0 Å². The lowest BCUT2D eigenvalue weighted by atomic mass is 10.0. The van der Waals surface area contributed by atoms with Gasteiger partial charge in [-0.15, -0.1) is 0 Å². The molecule has 1 aliphatic heterocycles. The summed E-state index contributed by atoms with van der Waals surface area (Å²) in [6.07, 6.45) is 0.845. The summed E-state index contributed by atoms with van der Waals surface area (Å²) in [5.41, 5.74) is 3.73. The predicted octanol–water partition coefficient (Wildman–Crippen LogP) is 0.504. The minimum atomic E-state index is -3.45. The number of quaternary nitrogens is 1. The number of morpholine rings is 1. The van der Waals surface area contributed by atoms with Gasteiger partial charge in [0.25, 0.3) is 0 Å². The van der Waals surface area contributed by atoms with E-state index < -0.39 is 10.0 Å². The lowest BCUT2D eigenvalue weighted by molar-refractivity contribution is -0.908. The lowest BCUT2D eigenvalue weighted by Gasteiger charge is -2.23. The highest BCUT2D eigenvalue weighted by atomic mass is 32.2. The SMILES string of the molecule is Cc1cc(C)c(C)c(S(=O)(=O)NCCC[NH+]2CCOCC2)c1C. The number of aryl methyl sites for hydroxylation is 2. The van der Waals surface area contributed by atoms with Gasteiger partial charge < -0.3 is 9.64 Å². The van der Waals surface area contributed by atoms with Gasteiger partial charge in [0.05, 0.1) is 24.7 Å². The Labute approximate surface area is 140 Å². The molecule has 0 saturated carbocycles. The maximum absolute atomic E-state index is 12.7. The van der Waals surface area contributed by atoms with Crippen molar-refractivity contribution in [3.63, 3.8) is 0 Å². The minimum Gasteiger partial charge on any atom is -0.370 e. The Balaban J connectivity index is 1.99. The molecule has 0 radical (unpaired) electrons. The Kier molecular flexibility index (Phi) is 6.19. The molecule has 1 saturated heterocycles. The molecular weight excluding hydrogens is 312 g/mol. The monoisotopic (exact) mass is 341 g/mol. The van der Waals surface area contributed by atoms with E-state index in [1.54, 1.807) is 0 Å². The highest BCUT2D eigenvalue weighted by Crippen LogP contribution is 2.25. The van der Waals surface area contributed by atoms with Crippen LogP contribution in [0.5, 0.6) is 0 Å². The molecule has 0 spiro atoms. The molecule has 0 atom stereocenters. The molecule has 0 unspecified atom stereocenters. The van der Waals surface area contributed by atoms with Gasteiger partial charge in [0.1, 0.15) is 13.1 Å². The summed E-state index contributed by atoms with van der Waals surface area (Å²) in [6.45, 7) is 12.8. The fraction of sp³-hybridized carbons (Fsp3) is 0.647. The zero-order chi connectivity index (χ0) is 17.0. The molecule has 0 amide bonds. The molecule has 1 heterocycles. The van der Waals surface area contributed by atoms with Crippen molar-refractivity contribution in [1.82, 2.24) is 4.72 Å². The van der Waals surface area contributed by atoms with E-state index >= 15 is 0 Å². The maximum atomic E-state index is 12.7. The predicted molar refractivity (Wildman–Crippen MR) is 91.6 cm³/mol. The van der Waals surface area contributed by atoms with Gasteiger partial charge in [-0.1, -0.05) is 6.07 Å². The standard InChI is InChI=1S/C17H28N2O3S/c1-13-12-14(2)16(4)17(15(13)3)23(20,21)18-6-5-7-19-8-10-22-11-9-19/h12,18H,5-11H2,1-4H3/p+1. The average Bonchev–Trinajstić information content (AvgIpc) is 2.51. The van der Waals surface area contributed by atoms with E-state index in [9.17, 15) is 8.42 Å². The number of rotatable bonds is 6. The molecule has 5 nitrogen and oxygen atoms in total. The van der Waals surface area contributed by atoms with Gasteiger partial charge >= 0.3 is 0 Å². The molecule has 0 aromatic heterocycles. The quantitative estimate of drug-likeness (QED) is 0.741. The van der Waals surface area contributed by atoms with Crippen LogP contribution in [0.15, 0.2) is 11.0 Å². The first-order valence-corrected chi connectivity index (χ1v) is 9.79.